The van der Waals surface area contributed by atoms with Crippen LogP contribution in [0.1, 0.15) is 254 Å². The van der Waals surface area contributed by atoms with E-state index in [9.17, 15) is 0 Å². The smallest absolute Gasteiger partial charge is 0.0455 e. The minimum Gasteiger partial charge on any atom is -0.140 e. The van der Waals surface area contributed by atoms with Crippen molar-refractivity contribution in [3.05, 3.63) is 57.3 Å². The molecule has 0 fully saturated rings. The van der Waals surface area contributed by atoms with Crippen molar-refractivity contribution in [2.75, 3.05) is 0 Å². The molecule has 0 aliphatic heterocycles. The predicted octanol–water partition coefficient (Wildman–Crippen LogP) is 23.1. The molecule has 0 spiro atoms. The SMILES string of the molecule is CCCCCCCCCCC(CCCCCCCC)Cc1c2cc(-c3ccc(C)s3)sc2c(CC(CCCCCCCC)CCCCCCCCCC)c2cc(-c3ccc(C)s3)sc12. The molecule has 0 saturated carbocycles. The van der Waals surface area contributed by atoms with E-state index in [-0.39, 0.29) is 0 Å². The molecule has 4 heteroatoms. The van der Waals surface area contributed by atoms with E-state index in [1.807, 2.05) is 22.7 Å². The van der Waals surface area contributed by atoms with Crippen LogP contribution in [0, 0.1) is 25.7 Å². The molecule has 0 nitrogen and oxygen atoms in total. The highest BCUT2D eigenvalue weighted by molar-refractivity contribution is 7.27. The van der Waals surface area contributed by atoms with Crippen LogP contribution in [-0.2, 0) is 12.8 Å². The van der Waals surface area contributed by atoms with Crippen molar-refractivity contribution in [2.45, 2.75) is 260 Å². The molecule has 1 aromatic carbocycles. The van der Waals surface area contributed by atoms with E-state index >= 15 is 0 Å². The number of benzene rings is 1. The molecule has 0 saturated heterocycles. The molecule has 0 N–H and O–H groups in total. The van der Waals surface area contributed by atoms with Crippen molar-refractivity contribution in [3.63, 3.8) is 0 Å². The third kappa shape index (κ3) is 18.2. The topological polar surface area (TPSA) is 0 Å². The highest BCUT2D eigenvalue weighted by atomic mass is 32.1. The zero-order chi connectivity index (χ0) is 45.2. The van der Waals surface area contributed by atoms with Gasteiger partial charge < -0.3 is 0 Å². The second-order valence-corrected chi connectivity index (χ2v) is 24.9. The van der Waals surface area contributed by atoms with Gasteiger partial charge in [0.05, 0.1) is 0 Å². The van der Waals surface area contributed by atoms with Gasteiger partial charge in [-0.15, -0.1) is 45.3 Å². The second-order valence-electron chi connectivity index (χ2n) is 20.3. The summed E-state index contributed by atoms with van der Waals surface area (Å²) >= 11 is 8.31. The normalized spacial score (nSPS) is 13.0. The first-order valence-electron chi connectivity index (χ1n) is 27.6. The van der Waals surface area contributed by atoms with E-state index in [0.29, 0.717) is 0 Å². The molecule has 4 heterocycles. The van der Waals surface area contributed by atoms with Gasteiger partial charge in [0.1, 0.15) is 0 Å². The minimum atomic E-state index is 0.771. The van der Waals surface area contributed by atoms with Gasteiger partial charge in [0.2, 0.25) is 0 Å². The van der Waals surface area contributed by atoms with Crippen LogP contribution in [0.3, 0.4) is 0 Å². The Bertz CT molecular complexity index is 1750. The van der Waals surface area contributed by atoms with Crippen molar-refractivity contribution in [1.29, 1.82) is 0 Å². The van der Waals surface area contributed by atoms with Crippen LogP contribution in [0.25, 0.3) is 39.7 Å². The molecule has 0 bridgehead atoms. The summed E-state index contributed by atoms with van der Waals surface area (Å²) in [6.45, 7) is 14.0. The van der Waals surface area contributed by atoms with Crippen LogP contribution in [0.5, 0.6) is 0 Å². The maximum atomic E-state index is 2.69. The van der Waals surface area contributed by atoms with E-state index < -0.39 is 0 Å². The monoisotopic (exact) mass is 943 g/mol. The van der Waals surface area contributed by atoms with Crippen LogP contribution < -0.4 is 0 Å². The summed E-state index contributed by atoms with van der Waals surface area (Å²) in [5, 5.41) is 3.25. The van der Waals surface area contributed by atoms with Gasteiger partial charge in [-0.25, -0.2) is 0 Å². The predicted molar refractivity (Wildman–Crippen MR) is 298 cm³/mol. The maximum absolute atomic E-state index is 2.69. The van der Waals surface area contributed by atoms with E-state index in [2.05, 4.69) is 101 Å². The van der Waals surface area contributed by atoms with Crippen LogP contribution in [0.2, 0.25) is 0 Å². The zero-order valence-electron chi connectivity index (χ0n) is 42.3. The number of unbranched alkanes of at least 4 members (excludes halogenated alkanes) is 24. The average molecular weight is 944 g/mol. The van der Waals surface area contributed by atoms with Gasteiger partial charge in [0, 0.05) is 38.7 Å². The molecular weight excluding hydrogens is 849 g/mol. The van der Waals surface area contributed by atoms with Crippen LogP contribution >= 0.6 is 45.3 Å². The fraction of sp³-hybridized carbons (Fsp3) is 0.700. The lowest BCUT2D eigenvalue weighted by Gasteiger charge is -2.22. The van der Waals surface area contributed by atoms with Crippen molar-refractivity contribution in [2.24, 2.45) is 11.8 Å². The molecule has 0 aliphatic rings. The first-order valence-corrected chi connectivity index (χ1v) is 30.9. The fourth-order valence-corrected chi connectivity index (χ4v) is 14.9. The van der Waals surface area contributed by atoms with Crippen LogP contribution in [0.4, 0.5) is 0 Å². The number of thiophene rings is 4. The van der Waals surface area contributed by atoms with Gasteiger partial charge in [-0.05, 0) is 96.8 Å². The van der Waals surface area contributed by atoms with Crippen molar-refractivity contribution < 1.29 is 0 Å². The van der Waals surface area contributed by atoms with Gasteiger partial charge in [0.15, 0.2) is 0 Å². The summed E-state index contributed by atoms with van der Waals surface area (Å²) in [5.74, 6) is 1.54. The summed E-state index contributed by atoms with van der Waals surface area (Å²) in [6.07, 6.45) is 47.5. The van der Waals surface area contributed by atoms with Crippen LogP contribution in [0.15, 0.2) is 36.4 Å². The summed E-state index contributed by atoms with van der Waals surface area (Å²) < 4.78 is 3.29. The molecule has 0 radical (unpaired) electrons. The fourth-order valence-electron chi connectivity index (χ4n) is 10.5. The third-order valence-corrected chi connectivity index (χ3v) is 19.3. The Kier molecular flexibility index (Phi) is 26.4. The summed E-state index contributed by atoms with van der Waals surface area (Å²) in [6, 6.07) is 14.9. The second kappa shape index (κ2) is 31.6. The lowest BCUT2D eigenvalue weighted by Crippen LogP contribution is -2.08. The number of hydrogen-bond acceptors (Lipinski definition) is 4. The number of aryl methyl sites for hydroxylation is 2. The largest absolute Gasteiger partial charge is 0.140 e. The Balaban J connectivity index is 1.51. The number of rotatable bonds is 38. The lowest BCUT2D eigenvalue weighted by molar-refractivity contribution is 0.401. The molecule has 5 aromatic rings. The van der Waals surface area contributed by atoms with Crippen LogP contribution in [-0.4, -0.2) is 0 Å². The summed E-state index contributed by atoms with van der Waals surface area (Å²) in [5.41, 5.74) is 3.42. The third-order valence-electron chi connectivity index (χ3n) is 14.5. The standard InChI is InChI=1S/C60H94S4/c1-7-11-15-19-23-25-29-33-37-49(35-31-27-21-17-13-9-3)43-51-53-45-57(55-41-39-47(5)61-55)64-60(53)52(54-46-58(63-59(51)54)56-42-40-48(6)62-56)44-50(36-32-28-22-18-14-10-4)38-34-30-26-24-20-16-12-8-2/h39-42,45-46,49-50H,7-38,43-44H2,1-6H3. The molecule has 2 atom stereocenters. The van der Waals surface area contributed by atoms with E-state index in [1.165, 1.54) is 248 Å². The zero-order valence-corrected chi connectivity index (χ0v) is 45.6. The van der Waals surface area contributed by atoms with Gasteiger partial charge in [-0.2, -0.15) is 0 Å². The molecule has 64 heavy (non-hydrogen) atoms. The first kappa shape index (κ1) is 53.5. The van der Waals surface area contributed by atoms with Gasteiger partial charge in [-0.3, -0.25) is 0 Å². The molecule has 5 rings (SSSR count). The van der Waals surface area contributed by atoms with E-state index in [4.69, 9.17) is 0 Å². The Labute approximate surface area is 411 Å². The maximum Gasteiger partial charge on any atom is 0.0455 e. The molecule has 0 aliphatic carbocycles. The van der Waals surface area contributed by atoms with Gasteiger partial charge in [-0.1, -0.05) is 233 Å². The molecule has 2 unspecified atom stereocenters. The molecule has 358 valence electrons. The molecule has 0 amide bonds. The van der Waals surface area contributed by atoms with Gasteiger partial charge >= 0.3 is 0 Å². The summed E-state index contributed by atoms with van der Waals surface area (Å²) in [7, 11) is 0. The molecule has 4 aromatic heterocycles. The number of hydrogen-bond donors (Lipinski definition) is 0. The lowest BCUT2D eigenvalue weighted by atomic mass is 9.84. The van der Waals surface area contributed by atoms with E-state index in [0.717, 1.165) is 11.8 Å². The summed E-state index contributed by atoms with van der Waals surface area (Å²) in [4.78, 5) is 8.82. The number of fused-ring (bicyclic) bond motifs is 2. The Morgan fingerprint density at radius 1 is 0.328 bits per heavy atom. The van der Waals surface area contributed by atoms with E-state index in [1.54, 1.807) is 31.3 Å². The average Bonchev–Trinajstić information content (AvgIpc) is 4.13. The van der Waals surface area contributed by atoms with Crippen molar-refractivity contribution in [3.8, 4) is 19.5 Å². The minimum absolute atomic E-state index is 0.771. The highest BCUT2D eigenvalue weighted by Gasteiger charge is 2.25. The highest BCUT2D eigenvalue weighted by Crippen LogP contribution is 2.49. The molecular formula is C60H94S4. The first-order chi connectivity index (χ1) is 31.4. The van der Waals surface area contributed by atoms with Crippen molar-refractivity contribution >= 4 is 65.5 Å². The quantitative estimate of drug-likeness (QED) is 0.0346. The Morgan fingerprint density at radius 2 is 0.609 bits per heavy atom. The van der Waals surface area contributed by atoms with Crippen molar-refractivity contribution in [1.82, 2.24) is 0 Å². The Hall–Kier alpha value is -1.46. The van der Waals surface area contributed by atoms with Gasteiger partial charge in [0.25, 0.3) is 0 Å². The Morgan fingerprint density at radius 3 is 0.875 bits per heavy atom.